The second kappa shape index (κ2) is 12.6. The molecule has 0 aliphatic carbocycles. The van der Waals surface area contributed by atoms with Crippen molar-refractivity contribution in [2.75, 3.05) is 6.61 Å². The summed E-state index contributed by atoms with van der Waals surface area (Å²) < 4.78 is 30.0. The van der Waals surface area contributed by atoms with E-state index < -0.39 is 76.1 Å². The van der Waals surface area contributed by atoms with Gasteiger partial charge in [0.05, 0.1) is 21.7 Å². The van der Waals surface area contributed by atoms with Crippen molar-refractivity contribution in [3.05, 3.63) is 29.8 Å². The molecular weight excluding hydrogens is 544 g/mol. The first-order valence-corrected chi connectivity index (χ1v) is 14.2. The molecule has 1 fully saturated rings. The molecule has 2 rings (SSSR count). The van der Waals surface area contributed by atoms with E-state index in [4.69, 9.17) is 23.7 Å². The molecule has 1 aromatic carbocycles. The van der Waals surface area contributed by atoms with Gasteiger partial charge in [0, 0.05) is 0 Å². The van der Waals surface area contributed by atoms with Crippen LogP contribution in [-0.2, 0) is 42.9 Å². The third-order valence-electron chi connectivity index (χ3n) is 6.41. The fourth-order valence-electron chi connectivity index (χ4n) is 3.66. The third-order valence-corrected chi connectivity index (χ3v) is 6.41. The molecule has 0 saturated carbocycles. The molecule has 0 amide bonds. The monoisotopic (exact) mass is 592 g/mol. The standard InChI is InChI=1S/C32H48O10/c1-29(2,3)25(34)38-17-20-22(40-26(35)30(4,5)6)24(42-28(37)32(10,11)12)23(41-27(36)31(7,8)9)21(39-20)18-13-15-19(33)16-14-18/h13-16,20-24,33H,17H2,1-12H3/t20-,21+,22-,23+,24+/m1/s1. The number of esters is 4. The maximum atomic E-state index is 13.3. The van der Waals surface area contributed by atoms with Gasteiger partial charge in [-0.3, -0.25) is 19.2 Å². The number of phenols is 1. The van der Waals surface area contributed by atoms with Crippen LogP contribution in [0.15, 0.2) is 24.3 Å². The zero-order valence-electron chi connectivity index (χ0n) is 27.0. The molecule has 42 heavy (non-hydrogen) atoms. The summed E-state index contributed by atoms with van der Waals surface area (Å²) in [6.45, 7) is 19.8. The Morgan fingerprint density at radius 1 is 0.619 bits per heavy atom. The minimum atomic E-state index is -1.33. The number of carbonyl (C=O) groups excluding carboxylic acids is 4. The van der Waals surface area contributed by atoms with Crippen molar-refractivity contribution in [3.8, 4) is 5.75 Å². The quantitative estimate of drug-likeness (QED) is 0.343. The number of rotatable bonds is 6. The van der Waals surface area contributed by atoms with E-state index in [2.05, 4.69) is 0 Å². The lowest BCUT2D eigenvalue weighted by Crippen LogP contribution is -2.61. The summed E-state index contributed by atoms with van der Waals surface area (Å²) in [4.78, 5) is 52.5. The Hall–Kier alpha value is -3.14. The van der Waals surface area contributed by atoms with Gasteiger partial charge in [0.2, 0.25) is 0 Å². The third kappa shape index (κ3) is 9.18. The topological polar surface area (TPSA) is 135 Å². The lowest BCUT2D eigenvalue weighted by Gasteiger charge is -2.46. The lowest BCUT2D eigenvalue weighted by atomic mass is 9.88. The van der Waals surface area contributed by atoms with Gasteiger partial charge in [0.1, 0.15) is 24.6 Å². The summed E-state index contributed by atoms with van der Waals surface area (Å²) in [6, 6.07) is 6.05. The fourth-order valence-corrected chi connectivity index (χ4v) is 3.66. The number of carbonyl (C=O) groups is 4. The molecule has 5 atom stereocenters. The Kier molecular flexibility index (Phi) is 10.5. The van der Waals surface area contributed by atoms with Gasteiger partial charge in [-0.25, -0.2) is 0 Å². The summed E-state index contributed by atoms with van der Waals surface area (Å²) in [5, 5.41) is 9.91. The van der Waals surface area contributed by atoms with Crippen molar-refractivity contribution in [2.45, 2.75) is 114 Å². The predicted octanol–water partition coefficient (Wildman–Crippen LogP) is 5.30. The first-order chi connectivity index (χ1) is 18.9. The molecule has 10 heteroatoms. The largest absolute Gasteiger partial charge is 0.508 e. The molecule has 0 bridgehead atoms. The summed E-state index contributed by atoms with van der Waals surface area (Å²) >= 11 is 0. The normalized spacial score (nSPS) is 23.5. The Balaban J connectivity index is 2.74. The molecule has 1 aliphatic heterocycles. The van der Waals surface area contributed by atoms with Crippen LogP contribution in [0, 0.1) is 21.7 Å². The smallest absolute Gasteiger partial charge is 0.311 e. The van der Waals surface area contributed by atoms with Crippen molar-refractivity contribution >= 4 is 23.9 Å². The van der Waals surface area contributed by atoms with Gasteiger partial charge >= 0.3 is 23.9 Å². The minimum Gasteiger partial charge on any atom is -0.508 e. The van der Waals surface area contributed by atoms with Gasteiger partial charge in [-0.15, -0.1) is 0 Å². The van der Waals surface area contributed by atoms with Crippen molar-refractivity contribution < 1.29 is 48.0 Å². The van der Waals surface area contributed by atoms with Gasteiger partial charge in [-0.05, 0) is 101 Å². The minimum absolute atomic E-state index is 0.00106. The van der Waals surface area contributed by atoms with Crippen LogP contribution in [0.1, 0.15) is 94.8 Å². The Morgan fingerprint density at radius 2 is 1.00 bits per heavy atom. The summed E-state index contributed by atoms with van der Waals surface area (Å²) in [6.07, 6.45) is -6.05. The number of ether oxygens (including phenoxy) is 5. The van der Waals surface area contributed by atoms with Crippen LogP contribution in [0.5, 0.6) is 5.75 Å². The Labute approximate surface area is 249 Å². The fraction of sp³-hybridized carbons (Fsp3) is 0.688. The van der Waals surface area contributed by atoms with Gasteiger partial charge in [-0.2, -0.15) is 0 Å². The second-order valence-corrected chi connectivity index (χ2v) is 14.9. The average Bonchev–Trinajstić information content (AvgIpc) is 2.82. The number of hydrogen-bond acceptors (Lipinski definition) is 10. The van der Waals surface area contributed by atoms with E-state index in [0.29, 0.717) is 5.56 Å². The summed E-state index contributed by atoms with van der Waals surface area (Å²) in [7, 11) is 0. The van der Waals surface area contributed by atoms with E-state index >= 15 is 0 Å². The second-order valence-electron chi connectivity index (χ2n) is 14.9. The number of phenolic OH excluding ortho intramolecular Hbond substituents is 1. The molecule has 0 radical (unpaired) electrons. The van der Waals surface area contributed by atoms with E-state index in [9.17, 15) is 24.3 Å². The predicted molar refractivity (Wildman–Crippen MR) is 154 cm³/mol. The van der Waals surface area contributed by atoms with Crippen LogP contribution >= 0.6 is 0 Å². The molecular formula is C32H48O10. The lowest BCUT2D eigenvalue weighted by molar-refractivity contribution is -0.262. The molecule has 236 valence electrons. The first kappa shape index (κ1) is 35.1. The van der Waals surface area contributed by atoms with Gasteiger partial charge in [0.25, 0.3) is 0 Å². The van der Waals surface area contributed by atoms with Crippen LogP contribution in [-0.4, -0.2) is 60.0 Å². The van der Waals surface area contributed by atoms with E-state index in [-0.39, 0.29) is 12.4 Å². The highest BCUT2D eigenvalue weighted by molar-refractivity contribution is 5.78. The van der Waals surface area contributed by atoms with E-state index in [1.807, 2.05) is 0 Å². The molecule has 0 unspecified atom stereocenters. The average molecular weight is 593 g/mol. The molecule has 1 aliphatic rings. The van der Waals surface area contributed by atoms with Gasteiger partial charge < -0.3 is 28.8 Å². The van der Waals surface area contributed by atoms with Gasteiger partial charge in [-0.1, -0.05) is 12.1 Å². The Morgan fingerprint density at radius 3 is 1.40 bits per heavy atom. The highest BCUT2D eigenvalue weighted by Gasteiger charge is 2.54. The number of benzene rings is 1. The van der Waals surface area contributed by atoms with Crippen LogP contribution in [0.25, 0.3) is 0 Å². The highest BCUT2D eigenvalue weighted by Crippen LogP contribution is 2.40. The zero-order valence-corrected chi connectivity index (χ0v) is 27.0. The maximum Gasteiger partial charge on any atom is 0.311 e. The Bertz CT molecular complexity index is 1130. The SMILES string of the molecule is CC(C)(C)C(=O)OC[C@H]1O[C@@H](c2ccc(O)cc2)[C@H](OC(=O)C(C)(C)C)[C@@H](OC(=O)C(C)(C)C)[C@@H]1OC(=O)C(C)(C)C. The zero-order chi connectivity index (χ0) is 32.4. The van der Waals surface area contributed by atoms with Crippen molar-refractivity contribution in [2.24, 2.45) is 21.7 Å². The van der Waals surface area contributed by atoms with Crippen LogP contribution < -0.4 is 0 Å². The molecule has 0 aromatic heterocycles. The molecule has 1 heterocycles. The van der Waals surface area contributed by atoms with E-state index in [0.717, 1.165) is 0 Å². The molecule has 1 N–H and O–H groups in total. The maximum absolute atomic E-state index is 13.3. The van der Waals surface area contributed by atoms with Gasteiger partial charge in [0.15, 0.2) is 18.3 Å². The highest BCUT2D eigenvalue weighted by atomic mass is 16.7. The van der Waals surface area contributed by atoms with E-state index in [1.54, 1.807) is 95.2 Å². The van der Waals surface area contributed by atoms with Crippen molar-refractivity contribution in [3.63, 3.8) is 0 Å². The first-order valence-electron chi connectivity index (χ1n) is 14.2. The van der Waals surface area contributed by atoms with E-state index in [1.165, 1.54) is 12.1 Å². The molecule has 10 nitrogen and oxygen atoms in total. The molecule has 0 spiro atoms. The van der Waals surface area contributed by atoms with Crippen LogP contribution in [0.3, 0.4) is 0 Å². The summed E-state index contributed by atoms with van der Waals surface area (Å²) in [5.41, 5.74) is -3.18. The van der Waals surface area contributed by atoms with Crippen molar-refractivity contribution in [1.82, 2.24) is 0 Å². The van der Waals surface area contributed by atoms with Crippen LogP contribution in [0.4, 0.5) is 0 Å². The number of hydrogen-bond donors (Lipinski definition) is 1. The molecule has 1 aromatic rings. The van der Waals surface area contributed by atoms with Crippen LogP contribution in [0.2, 0.25) is 0 Å². The molecule has 1 saturated heterocycles. The number of aromatic hydroxyl groups is 1. The summed E-state index contributed by atoms with van der Waals surface area (Å²) in [5.74, 6) is -2.36. The van der Waals surface area contributed by atoms with Crippen molar-refractivity contribution in [1.29, 1.82) is 0 Å².